The molecular formula is C8H12N2O. The van der Waals surface area contributed by atoms with Crippen LogP contribution in [0, 0.1) is 0 Å². The fourth-order valence-electron chi connectivity index (χ4n) is 0.967. The van der Waals surface area contributed by atoms with Crippen molar-refractivity contribution in [1.82, 2.24) is 0 Å². The molecule has 0 bridgehead atoms. The normalized spacial score (nSPS) is 22.7. The number of hydrogen-bond donors (Lipinski definition) is 2. The second-order valence-corrected chi connectivity index (χ2v) is 2.90. The highest BCUT2D eigenvalue weighted by molar-refractivity contribution is 6.05. The van der Waals surface area contributed by atoms with Crippen LogP contribution in [-0.4, -0.2) is 11.4 Å². The molecule has 1 aliphatic rings. The van der Waals surface area contributed by atoms with Crippen molar-refractivity contribution >= 4 is 5.78 Å². The summed E-state index contributed by atoms with van der Waals surface area (Å²) in [6, 6.07) is 0. The van der Waals surface area contributed by atoms with E-state index in [4.69, 9.17) is 11.5 Å². The van der Waals surface area contributed by atoms with Gasteiger partial charge in [0.15, 0.2) is 5.78 Å². The van der Waals surface area contributed by atoms with E-state index >= 15 is 0 Å². The zero-order valence-electron chi connectivity index (χ0n) is 6.72. The van der Waals surface area contributed by atoms with Crippen molar-refractivity contribution in [3.63, 3.8) is 0 Å². The van der Waals surface area contributed by atoms with Crippen LogP contribution in [0.15, 0.2) is 23.3 Å². The summed E-state index contributed by atoms with van der Waals surface area (Å²) in [6.45, 7) is 3.59. The van der Waals surface area contributed by atoms with Crippen LogP contribution in [0.25, 0.3) is 0 Å². The van der Waals surface area contributed by atoms with Crippen molar-refractivity contribution in [2.24, 2.45) is 11.5 Å². The van der Waals surface area contributed by atoms with Crippen LogP contribution in [0.5, 0.6) is 0 Å². The molecule has 3 heteroatoms. The smallest absolute Gasteiger partial charge is 0.197 e. The number of carbonyl (C=O) groups excluding carboxylic acids is 1. The molecule has 0 spiro atoms. The maximum atomic E-state index is 11.3. The first-order valence-corrected chi connectivity index (χ1v) is 3.44. The fraction of sp³-hybridized carbons (Fsp3) is 0.375. The number of hydrogen-bond acceptors (Lipinski definition) is 3. The number of Topliss-reactive ketones (excluding diaryl/α,β-unsaturated/α-hetero) is 1. The molecule has 1 aliphatic carbocycles. The first-order valence-electron chi connectivity index (χ1n) is 3.44. The fourth-order valence-corrected chi connectivity index (χ4v) is 0.967. The van der Waals surface area contributed by atoms with Crippen LogP contribution < -0.4 is 11.5 Å². The van der Waals surface area contributed by atoms with E-state index in [2.05, 4.69) is 0 Å². The predicted octanol–water partition coefficient (Wildman–Crippen LogP) is 0.0754. The van der Waals surface area contributed by atoms with Crippen molar-refractivity contribution in [1.29, 1.82) is 0 Å². The Morgan fingerprint density at radius 1 is 1.36 bits per heavy atom. The van der Waals surface area contributed by atoms with Gasteiger partial charge in [0.2, 0.25) is 0 Å². The van der Waals surface area contributed by atoms with Gasteiger partial charge >= 0.3 is 0 Å². The molecule has 0 atom stereocenters. The molecule has 3 nitrogen and oxygen atoms in total. The molecule has 0 aromatic heterocycles. The first-order chi connectivity index (χ1) is 4.95. The van der Waals surface area contributed by atoms with Crippen molar-refractivity contribution in [3.05, 3.63) is 23.3 Å². The Bertz CT molecular complexity index is 261. The highest BCUT2D eigenvalue weighted by Crippen LogP contribution is 2.17. The summed E-state index contributed by atoms with van der Waals surface area (Å²) in [7, 11) is 0. The Kier molecular flexibility index (Phi) is 1.70. The Balaban J connectivity index is 3.11. The molecule has 0 radical (unpaired) electrons. The molecule has 11 heavy (non-hydrogen) atoms. The highest BCUT2D eigenvalue weighted by atomic mass is 16.1. The molecule has 1 rings (SSSR count). The van der Waals surface area contributed by atoms with E-state index in [1.54, 1.807) is 13.0 Å². The third kappa shape index (κ3) is 1.25. The molecule has 0 unspecified atom stereocenters. The average Bonchev–Trinajstić information content (AvgIpc) is 1.95. The van der Waals surface area contributed by atoms with Gasteiger partial charge in [-0.2, -0.15) is 0 Å². The van der Waals surface area contributed by atoms with Gasteiger partial charge in [-0.1, -0.05) is 6.08 Å². The Labute approximate surface area is 65.8 Å². The van der Waals surface area contributed by atoms with Gasteiger partial charge in [-0.25, -0.2) is 0 Å². The Hall–Kier alpha value is -0.930. The van der Waals surface area contributed by atoms with E-state index in [1.807, 2.05) is 6.92 Å². The summed E-state index contributed by atoms with van der Waals surface area (Å²) < 4.78 is 0. The standard InChI is InChI=1S/C8H12N2O/c1-5-3-4-8(9,10)7(11)6(5)2/h3-4H,9-10H2,1-2H3. The molecule has 0 aromatic rings. The van der Waals surface area contributed by atoms with Crippen LogP contribution in [-0.2, 0) is 4.79 Å². The minimum atomic E-state index is -1.29. The number of rotatable bonds is 0. The maximum absolute atomic E-state index is 11.3. The summed E-state index contributed by atoms with van der Waals surface area (Å²) in [6.07, 6.45) is 3.30. The van der Waals surface area contributed by atoms with E-state index in [-0.39, 0.29) is 5.78 Å². The first kappa shape index (κ1) is 8.17. The van der Waals surface area contributed by atoms with Gasteiger partial charge in [0.25, 0.3) is 0 Å². The largest absolute Gasteiger partial charge is 0.304 e. The molecule has 0 saturated heterocycles. The lowest BCUT2D eigenvalue weighted by molar-refractivity contribution is -0.119. The average molecular weight is 152 g/mol. The second-order valence-electron chi connectivity index (χ2n) is 2.90. The van der Waals surface area contributed by atoms with Crippen molar-refractivity contribution in [2.45, 2.75) is 19.5 Å². The van der Waals surface area contributed by atoms with Crippen molar-refractivity contribution < 1.29 is 4.79 Å². The molecule has 0 amide bonds. The third-order valence-electron chi connectivity index (χ3n) is 1.93. The van der Waals surface area contributed by atoms with Crippen molar-refractivity contribution in [2.75, 3.05) is 0 Å². The van der Waals surface area contributed by atoms with E-state index in [0.717, 1.165) is 5.57 Å². The minimum Gasteiger partial charge on any atom is -0.304 e. The summed E-state index contributed by atoms with van der Waals surface area (Å²) in [5.74, 6) is -0.197. The summed E-state index contributed by atoms with van der Waals surface area (Å²) in [5.41, 5.74) is 11.3. The second kappa shape index (κ2) is 2.29. The molecule has 4 N–H and O–H groups in total. The molecule has 0 heterocycles. The SMILES string of the molecule is CC1=C(C)C(=O)C(N)(N)C=C1. The van der Waals surface area contributed by atoms with Gasteiger partial charge in [-0.3, -0.25) is 4.79 Å². The maximum Gasteiger partial charge on any atom is 0.197 e. The molecule has 0 aliphatic heterocycles. The lowest BCUT2D eigenvalue weighted by Crippen LogP contribution is -2.56. The number of allylic oxidation sites excluding steroid dienone is 2. The van der Waals surface area contributed by atoms with E-state index in [0.29, 0.717) is 5.57 Å². The number of ketones is 1. The van der Waals surface area contributed by atoms with E-state index in [1.165, 1.54) is 6.08 Å². The predicted molar refractivity (Wildman–Crippen MR) is 43.6 cm³/mol. The van der Waals surface area contributed by atoms with Gasteiger partial charge in [0.1, 0.15) is 5.66 Å². The van der Waals surface area contributed by atoms with Crippen LogP contribution in [0.2, 0.25) is 0 Å². The summed E-state index contributed by atoms with van der Waals surface area (Å²) in [4.78, 5) is 11.3. The summed E-state index contributed by atoms with van der Waals surface area (Å²) >= 11 is 0. The number of carbonyl (C=O) groups is 1. The zero-order chi connectivity index (χ0) is 8.65. The van der Waals surface area contributed by atoms with Crippen LogP contribution in [0.1, 0.15) is 13.8 Å². The van der Waals surface area contributed by atoms with E-state index < -0.39 is 5.66 Å². The minimum absolute atomic E-state index is 0.197. The Morgan fingerprint density at radius 2 is 1.91 bits per heavy atom. The lowest BCUT2D eigenvalue weighted by atomic mass is 9.91. The Morgan fingerprint density at radius 3 is 2.36 bits per heavy atom. The zero-order valence-corrected chi connectivity index (χ0v) is 6.72. The quantitative estimate of drug-likeness (QED) is 0.483. The molecule has 0 fully saturated rings. The van der Waals surface area contributed by atoms with Gasteiger partial charge in [0, 0.05) is 0 Å². The lowest BCUT2D eigenvalue weighted by Gasteiger charge is -2.23. The van der Waals surface area contributed by atoms with Gasteiger partial charge < -0.3 is 11.5 Å². The van der Waals surface area contributed by atoms with Crippen LogP contribution in [0.4, 0.5) is 0 Å². The van der Waals surface area contributed by atoms with Crippen molar-refractivity contribution in [3.8, 4) is 0 Å². The summed E-state index contributed by atoms with van der Waals surface area (Å²) in [5, 5.41) is 0. The molecular weight excluding hydrogens is 140 g/mol. The highest BCUT2D eigenvalue weighted by Gasteiger charge is 2.30. The number of nitrogens with two attached hydrogens (primary N) is 2. The van der Waals surface area contributed by atoms with Gasteiger partial charge in [-0.15, -0.1) is 0 Å². The van der Waals surface area contributed by atoms with Gasteiger partial charge in [-0.05, 0) is 31.1 Å². The molecule has 60 valence electrons. The molecule has 0 aromatic carbocycles. The van der Waals surface area contributed by atoms with Gasteiger partial charge in [0.05, 0.1) is 0 Å². The van der Waals surface area contributed by atoms with E-state index in [9.17, 15) is 4.79 Å². The van der Waals surface area contributed by atoms with Crippen LogP contribution in [0.3, 0.4) is 0 Å². The van der Waals surface area contributed by atoms with Crippen LogP contribution >= 0.6 is 0 Å². The third-order valence-corrected chi connectivity index (χ3v) is 1.93. The molecule has 0 saturated carbocycles. The topological polar surface area (TPSA) is 69.1 Å². The monoisotopic (exact) mass is 152 g/mol.